The number of primary amides is 1. The van der Waals surface area contributed by atoms with Crippen LogP contribution in [0.4, 0.5) is 11.5 Å². The van der Waals surface area contributed by atoms with Crippen molar-refractivity contribution >= 4 is 23.4 Å². The summed E-state index contributed by atoms with van der Waals surface area (Å²) in [6, 6.07) is 1.01. The predicted molar refractivity (Wildman–Crippen MR) is 67.2 cm³/mol. The average Bonchev–Trinajstić information content (AvgIpc) is 3.17. The maximum atomic E-state index is 11.3. The van der Waals surface area contributed by atoms with Crippen LogP contribution in [-0.4, -0.2) is 33.4 Å². The van der Waals surface area contributed by atoms with Crippen molar-refractivity contribution in [1.82, 2.24) is 4.98 Å². The van der Waals surface area contributed by atoms with E-state index in [0.717, 1.165) is 12.3 Å². The molecule has 4 N–H and O–H groups in total. The second-order valence-electron chi connectivity index (χ2n) is 4.65. The minimum absolute atomic E-state index is 0.0515. The number of amides is 1. The van der Waals surface area contributed by atoms with Gasteiger partial charge in [-0.3, -0.25) is 19.7 Å². The molecular weight excluding hydrogens is 268 g/mol. The Balaban J connectivity index is 2.21. The van der Waals surface area contributed by atoms with Crippen molar-refractivity contribution < 1.29 is 19.6 Å². The quantitative estimate of drug-likeness (QED) is 0.503. The maximum absolute atomic E-state index is 11.3. The van der Waals surface area contributed by atoms with Crippen LogP contribution >= 0.6 is 0 Å². The van der Waals surface area contributed by atoms with Gasteiger partial charge < -0.3 is 16.2 Å². The summed E-state index contributed by atoms with van der Waals surface area (Å²) in [7, 11) is 0. The van der Waals surface area contributed by atoms with Gasteiger partial charge in [0.2, 0.25) is 0 Å². The highest BCUT2D eigenvalue weighted by molar-refractivity contribution is 5.98. The van der Waals surface area contributed by atoms with E-state index in [1.165, 1.54) is 0 Å². The number of pyridine rings is 1. The highest BCUT2D eigenvalue weighted by Gasteiger charge is 2.50. The van der Waals surface area contributed by atoms with Gasteiger partial charge in [0.25, 0.3) is 11.6 Å². The van der Waals surface area contributed by atoms with E-state index in [2.05, 4.69) is 10.3 Å². The first-order valence-corrected chi connectivity index (χ1v) is 5.77. The van der Waals surface area contributed by atoms with E-state index in [1.54, 1.807) is 0 Å². The van der Waals surface area contributed by atoms with Crippen LogP contribution in [0.1, 0.15) is 23.2 Å². The maximum Gasteiger partial charge on any atom is 0.311 e. The number of carboxylic acids is 1. The first-order chi connectivity index (χ1) is 9.35. The average molecular weight is 280 g/mol. The Morgan fingerprint density at radius 1 is 1.55 bits per heavy atom. The zero-order chi connectivity index (χ0) is 14.9. The van der Waals surface area contributed by atoms with Gasteiger partial charge in [-0.15, -0.1) is 0 Å². The highest BCUT2D eigenvalue weighted by atomic mass is 16.6. The molecule has 1 amide bonds. The monoisotopic (exact) mass is 280 g/mol. The number of nitrogens with two attached hydrogens (primary N) is 1. The number of nitrogens with zero attached hydrogens (tertiary/aromatic N) is 2. The van der Waals surface area contributed by atoms with Gasteiger partial charge in [0.05, 0.1) is 15.9 Å². The molecule has 0 unspecified atom stereocenters. The van der Waals surface area contributed by atoms with Gasteiger partial charge >= 0.3 is 5.97 Å². The Morgan fingerprint density at radius 3 is 2.65 bits per heavy atom. The van der Waals surface area contributed by atoms with Gasteiger partial charge in [0, 0.05) is 12.6 Å². The number of anilines is 1. The molecule has 20 heavy (non-hydrogen) atoms. The number of carbonyl (C=O) groups is 2. The molecule has 1 saturated carbocycles. The number of nitrogens with one attached hydrogen (secondary N) is 1. The molecule has 0 saturated heterocycles. The molecule has 1 heterocycles. The Bertz CT molecular complexity index is 596. The number of nitro groups is 1. The van der Waals surface area contributed by atoms with Crippen LogP contribution in [0.3, 0.4) is 0 Å². The normalized spacial score (nSPS) is 15.4. The van der Waals surface area contributed by atoms with E-state index < -0.39 is 22.2 Å². The van der Waals surface area contributed by atoms with Crippen LogP contribution in [0.15, 0.2) is 12.3 Å². The second kappa shape index (κ2) is 4.76. The number of carboxylic acid groups (broad SMARTS) is 1. The summed E-state index contributed by atoms with van der Waals surface area (Å²) >= 11 is 0. The molecule has 1 aromatic rings. The molecule has 1 aliphatic rings. The van der Waals surface area contributed by atoms with Crippen LogP contribution in [-0.2, 0) is 4.79 Å². The fraction of sp³-hybridized carbons (Fsp3) is 0.364. The van der Waals surface area contributed by atoms with Gasteiger partial charge in [-0.1, -0.05) is 0 Å². The van der Waals surface area contributed by atoms with E-state index in [1.807, 2.05) is 0 Å². The molecule has 1 aromatic heterocycles. The van der Waals surface area contributed by atoms with Crippen LogP contribution in [0.25, 0.3) is 0 Å². The Hall–Kier alpha value is -2.71. The number of rotatable bonds is 6. The number of aliphatic carboxylic acids is 1. The lowest BCUT2D eigenvalue weighted by Crippen LogP contribution is -2.26. The second-order valence-corrected chi connectivity index (χ2v) is 4.65. The van der Waals surface area contributed by atoms with E-state index in [9.17, 15) is 19.7 Å². The van der Waals surface area contributed by atoms with Gasteiger partial charge in [0.15, 0.2) is 0 Å². The summed E-state index contributed by atoms with van der Waals surface area (Å²) in [4.78, 5) is 36.0. The molecule has 9 heteroatoms. The summed E-state index contributed by atoms with van der Waals surface area (Å²) in [5, 5.41) is 22.4. The summed E-state index contributed by atoms with van der Waals surface area (Å²) in [5.74, 6) is -1.74. The summed E-state index contributed by atoms with van der Waals surface area (Å²) in [5.41, 5.74) is 3.80. The lowest BCUT2D eigenvalue weighted by atomic mass is 10.1. The van der Waals surface area contributed by atoms with Crippen molar-refractivity contribution in [2.45, 2.75) is 12.8 Å². The SMILES string of the molecule is NC(=O)c1cc([N+](=O)[O-])cnc1NCC1(C(=O)O)CC1. The molecule has 0 aliphatic heterocycles. The molecule has 1 aliphatic carbocycles. The van der Waals surface area contributed by atoms with E-state index in [0.29, 0.717) is 12.8 Å². The van der Waals surface area contributed by atoms with Crippen molar-refractivity contribution in [3.05, 3.63) is 27.9 Å². The molecule has 0 radical (unpaired) electrons. The lowest BCUT2D eigenvalue weighted by molar-refractivity contribution is -0.385. The molecule has 9 nitrogen and oxygen atoms in total. The van der Waals surface area contributed by atoms with Crippen LogP contribution < -0.4 is 11.1 Å². The molecule has 0 atom stereocenters. The third-order valence-corrected chi connectivity index (χ3v) is 3.25. The first-order valence-electron chi connectivity index (χ1n) is 5.77. The van der Waals surface area contributed by atoms with E-state index in [-0.39, 0.29) is 23.6 Å². The van der Waals surface area contributed by atoms with Gasteiger partial charge in [-0.2, -0.15) is 0 Å². The number of hydrogen-bond acceptors (Lipinski definition) is 6. The Kier molecular flexibility index (Phi) is 3.26. The first kappa shape index (κ1) is 13.7. The van der Waals surface area contributed by atoms with E-state index >= 15 is 0 Å². The molecule has 0 bridgehead atoms. The molecule has 1 fully saturated rings. The van der Waals surface area contributed by atoms with Crippen LogP contribution in [0, 0.1) is 15.5 Å². The van der Waals surface area contributed by atoms with Gasteiger partial charge in [0.1, 0.15) is 12.0 Å². The molecule has 0 spiro atoms. The lowest BCUT2D eigenvalue weighted by Gasteiger charge is -2.13. The molecule has 0 aromatic carbocycles. The van der Waals surface area contributed by atoms with Gasteiger partial charge in [-0.25, -0.2) is 4.98 Å². The van der Waals surface area contributed by atoms with Crippen LogP contribution in [0.5, 0.6) is 0 Å². The highest BCUT2D eigenvalue weighted by Crippen LogP contribution is 2.45. The molecule has 2 rings (SSSR count). The van der Waals surface area contributed by atoms with Crippen molar-refractivity contribution in [1.29, 1.82) is 0 Å². The van der Waals surface area contributed by atoms with Crippen molar-refractivity contribution in [2.75, 3.05) is 11.9 Å². The molecular formula is C11H12N4O5. The number of hydrogen-bond donors (Lipinski definition) is 3. The zero-order valence-corrected chi connectivity index (χ0v) is 10.3. The minimum atomic E-state index is -0.924. The fourth-order valence-corrected chi connectivity index (χ4v) is 1.75. The summed E-state index contributed by atoms with van der Waals surface area (Å²) in [6.07, 6.45) is 2.05. The smallest absolute Gasteiger partial charge is 0.311 e. The van der Waals surface area contributed by atoms with Crippen molar-refractivity contribution in [2.24, 2.45) is 11.1 Å². The predicted octanol–water partition coefficient (Wildman–Crippen LogP) is 0.365. The van der Waals surface area contributed by atoms with E-state index in [4.69, 9.17) is 10.8 Å². The number of carbonyl (C=O) groups excluding carboxylic acids is 1. The summed E-state index contributed by atoms with van der Waals surface area (Å²) in [6.45, 7) is 0.0907. The molecule has 106 valence electrons. The van der Waals surface area contributed by atoms with Crippen molar-refractivity contribution in [3.8, 4) is 0 Å². The Labute approximate surface area is 112 Å². The van der Waals surface area contributed by atoms with Crippen molar-refractivity contribution in [3.63, 3.8) is 0 Å². The number of aromatic nitrogens is 1. The zero-order valence-electron chi connectivity index (χ0n) is 10.3. The largest absolute Gasteiger partial charge is 0.481 e. The summed E-state index contributed by atoms with van der Waals surface area (Å²) < 4.78 is 0. The van der Waals surface area contributed by atoms with Gasteiger partial charge in [-0.05, 0) is 12.8 Å². The third kappa shape index (κ3) is 2.51. The third-order valence-electron chi connectivity index (χ3n) is 3.25. The Morgan fingerprint density at radius 2 is 2.20 bits per heavy atom. The topological polar surface area (TPSA) is 148 Å². The minimum Gasteiger partial charge on any atom is -0.481 e. The standard InChI is InChI=1S/C11H12N4O5/c12-8(16)7-3-6(15(19)20)4-13-9(7)14-5-11(1-2-11)10(17)18/h3-4H,1-2,5H2,(H2,12,16)(H,13,14)(H,17,18). The fourth-order valence-electron chi connectivity index (χ4n) is 1.75. The van der Waals surface area contributed by atoms with Crippen LogP contribution in [0.2, 0.25) is 0 Å².